The van der Waals surface area contributed by atoms with E-state index in [0.717, 1.165) is 124 Å². The number of methoxy groups -OCH3 is 1. The number of aliphatic hydroxyl groups is 2. The Morgan fingerprint density at radius 2 is 0.553 bits per heavy atom. The molecular formula is C73H13N3O9. The van der Waals surface area contributed by atoms with Gasteiger partial charge in [0, 0.05) is 196 Å². The fraction of sp³-hybridized carbons (Fsp3) is 0.0411. The number of hydrogen-bond donors (Lipinski definition) is 2. The van der Waals surface area contributed by atoms with Gasteiger partial charge in [0.2, 0.25) is 5.43 Å². The highest BCUT2D eigenvalue weighted by Crippen LogP contribution is 2.78. The average Bonchev–Trinajstić information content (AvgIpc) is 1.41. The second kappa shape index (κ2) is 9.31. The van der Waals surface area contributed by atoms with E-state index in [1.54, 1.807) is 31.4 Å². The second-order valence-electron chi connectivity index (χ2n) is 26.6. The topological polar surface area (TPSA) is 186 Å². The summed E-state index contributed by atoms with van der Waals surface area (Å²) >= 11 is 0. The van der Waals surface area contributed by atoms with Crippen LogP contribution < -0.4 is 37.2 Å². The summed E-state index contributed by atoms with van der Waals surface area (Å²) in [5.74, 6) is 0.541. The summed E-state index contributed by atoms with van der Waals surface area (Å²) < 4.78 is 5.58. The molecular weight excluding hydrogens is 1060 g/mol. The van der Waals surface area contributed by atoms with Crippen LogP contribution in [0.15, 0.2) is 77.7 Å². The standard InChI is InChI=1S/C73H13N3O9/c1-85-13-8-4-11(5-9-13)75-67-65-64(66(71(67)80)74-10-2-6-12(7-3-10)76(83)84)72(81)60-50-40-30-21-16-14-15-17-18(16)29-32(30)42-43-33(29)31-22(17)28-26-20(15)24-23-19(14)25-27(21)38(40)48-46-36(25)34(23)44-45-35(24)37(26)47-49-39(28)41(31)51-53(43)63(62(72)52(42)50)73(65,82)61(51)59(49)70(79)57(47)55(45)68(77)54(44)56(46)69(78)58(48)60/h2-9,81-82H,1H3/t72-,73+/m0/s1. The molecule has 0 saturated heterocycles. The van der Waals surface area contributed by atoms with Crippen molar-refractivity contribution < 1.29 is 19.9 Å². The highest BCUT2D eigenvalue weighted by atomic mass is 16.6. The van der Waals surface area contributed by atoms with E-state index in [1.165, 1.54) is 72.7 Å². The second-order valence-corrected chi connectivity index (χ2v) is 26.6. The molecule has 0 fully saturated rings. The third kappa shape index (κ3) is 2.49. The van der Waals surface area contributed by atoms with Gasteiger partial charge in [-0.3, -0.25) is 29.3 Å². The van der Waals surface area contributed by atoms with Crippen LogP contribution in [0, 0.1) is 10.1 Å². The van der Waals surface area contributed by atoms with Gasteiger partial charge in [-0.2, -0.15) is 0 Å². The van der Waals surface area contributed by atoms with Crippen molar-refractivity contribution in [3.63, 3.8) is 0 Å². The Bertz CT molecular complexity index is 8410. The minimum absolute atomic E-state index is 0.0437. The Kier molecular flexibility index (Phi) is 4.06. The monoisotopic (exact) mass is 1080 g/mol. The van der Waals surface area contributed by atoms with Crippen molar-refractivity contribution >= 4 is 265 Å². The highest BCUT2D eigenvalue weighted by molar-refractivity contribution is 6.78. The van der Waals surface area contributed by atoms with Crippen LogP contribution in [0.2, 0.25) is 0 Å². The number of rotatable bonds is 4. The first kappa shape index (κ1) is 37.0. The maximum absolute atomic E-state index is 17.3. The van der Waals surface area contributed by atoms with Crippen molar-refractivity contribution in [2.75, 3.05) is 7.11 Å². The predicted molar refractivity (Wildman–Crippen MR) is 332 cm³/mol. The average molecular weight is 1080 g/mol. The molecule has 27 aromatic rings. The van der Waals surface area contributed by atoms with Crippen molar-refractivity contribution in [2.45, 2.75) is 11.2 Å². The first-order valence-corrected chi connectivity index (χ1v) is 28.8. The zero-order chi connectivity index (χ0) is 54.2. The van der Waals surface area contributed by atoms with Gasteiger partial charge in [-0.05, 0) is 133 Å². The molecule has 0 heterocycles. The van der Waals surface area contributed by atoms with Gasteiger partial charge in [-0.15, -0.1) is 0 Å². The first-order valence-electron chi connectivity index (χ1n) is 28.8. The number of nitro groups is 1. The van der Waals surface area contributed by atoms with Gasteiger partial charge in [0.15, 0.2) is 16.3 Å². The summed E-state index contributed by atoms with van der Waals surface area (Å²) in [6, 6.07) is 12.4. The van der Waals surface area contributed by atoms with E-state index < -0.39 is 32.4 Å². The van der Waals surface area contributed by atoms with Gasteiger partial charge in [0.05, 0.1) is 23.4 Å². The number of benzene rings is 17. The third-order valence-electron chi connectivity index (χ3n) is 24.8. The Balaban J connectivity index is 1.05. The molecule has 3 aliphatic rings. The molecule has 0 saturated carbocycles. The predicted octanol–water partition coefficient (Wildman–Crippen LogP) is 12.9. The van der Waals surface area contributed by atoms with Crippen LogP contribution in [0.5, 0.6) is 5.75 Å². The molecule has 0 bridgehead atoms. The quantitative estimate of drug-likeness (QED) is 0.0983. The van der Waals surface area contributed by atoms with Crippen LogP contribution in [-0.2, 0) is 11.2 Å². The summed E-state index contributed by atoms with van der Waals surface area (Å²) in [5.41, 5.74) is -5.27. The summed E-state index contributed by atoms with van der Waals surface area (Å²) in [6.45, 7) is 0. The number of ether oxygens (including phenoxy) is 1. The molecule has 0 spiro atoms. The molecule has 30 rings (SSSR count). The Morgan fingerprint density at radius 3 is 0.835 bits per heavy atom. The number of nitro benzene ring substituents is 1. The van der Waals surface area contributed by atoms with E-state index in [9.17, 15) is 10.1 Å². The Labute approximate surface area is 460 Å². The van der Waals surface area contributed by atoms with Crippen LogP contribution in [0.1, 0.15) is 33.4 Å². The van der Waals surface area contributed by atoms with Crippen molar-refractivity contribution in [1.82, 2.24) is 0 Å². The molecule has 374 valence electrons. The van der Waals surface area contributed by atoms with E-state index in [2.05, 4.69) is 0 Å². The lowest BCUT2D eigenvalue weighted by Crippen LogP contribution is -2.46. The molecule has 12 nitrogen and oxygen atoms in total. The van der Waals surface area contributed by atoms with Crippen LogP contribution in [0.4, 0.5) is 17.1 Å². The van der Waals surface area contributed by atoms with Crippen molar-refractivity contribution in [2.24, 2.45) is 9.98 Å². The van der Waals surface area contributed by atoms with Crippen LogP contribution in [-0.4, -0.2) is 22.2 Å². The fourth-order valence-electron chi connectivity index (χ4n) is 23.2. The molecule has 2 N–H and O–H groups in total. The zero-order valence-corrected chi connectivity index (χ0v) is 42.7. The van der Waals surface area contributed by atoms with E-state index in [0.29, 0.717) is 87.4 Å². The summed E-state index contributed by atoms with van der Waals surface area (Å²) in [7, 11) is 1.55. The SMILES string of the molecule is COc1ccc(N=c2c3c(c(=Nc4ccc([N+](=O)[O-])cc4)c2=O)[C@@]2(O)c4c5c6c7c(c8c(=O)c9c%10c(=O)c%11c%12c(=O)c%13c2c2c4c4c6c6c%14c7c7c8c9c8c9c%10c%11c%10c%11c%12c%13c%12c2c2c4c6c4c6c2c%12c%11c2c%10c9c9c8c7c%14c4c9c26)[C@]35O)cc1. The normalized spacial score (nSPS) is 19.8. The zero-order valence-electron chi connectivity index (χ0n) is 42.7. The van der Waals surface area contributed by atoms with Crippen molar-refractivity contribution in [3.05, 3.63) is 144 Å². The van der Waals surface area contributed by atoms with E-state index >= 15 is 29.4 Å². The number of hydrogen-bond acceptors (Lipinski definition) is 11. The minimum atomic E-state index is -2.44. The summed E-state index contributed by atoms with van der Waals surface area (Å²) in [5, 5.41) is 84.5. The van der Waals surface area contributed by atoms with Gasteiger partial charge in [-0.25, -0.2) is 9.98 Å². The molecule has 12 heteroatoms. The lowest BCUT2D eigenvalue weighted by atomic mass is 9.66. The van der Waals surface area contributed by atoms with Gasteiger partial charge < -0.3 is 14.9 Å². The first-order chi connectivity index (χ1) is 41.5. The largest absolute Gasteiger partial charge is 0.497 e. The van der Waals surface area contributed by atoms with E-state index in [1.807, 2.05) is 0 Å². The molecule has 3 aliphatic carbocycles. The molecule has 0 aromatic heterocycles. The summed E-state index contributed by atoms with van der Waals surface area (Å²) in [4.78, 5) is 90.0. The van der Waals surface area contributed by atoms with Gasteiger partial charge in [0.1, 0.15) is 27.7 Å². The van der Waals surface area contributed by atoms with Gasteiger partial charge in [0.25, 0.3) is 5.69 Å². The number of fused-ring (bicyclic) bond motifs is 9. The van der Waals surface area contributed by atoms with Crippen LogP contribution >= 0.6 is 0 Å². The number of nitrogens with zero attached hydrogens (tertiary/aromatic N) is 3. The Morgan fingerprint density at radius 1 is 0.318 bits per heavy atom. The number of non-ortho nitro benzene ring substituents is 1. The highest BCUT2D eigenvalue weighted by Gasteiger charge is 2.64. The van der Waals surface area contributed by atoms with E-state index in [-0.39, 0.29) is 60.4 Å². The van der Waals surface area contributed by atoms with Crippen molar-refractivity contribution in [3.8, 4) is 5.75 Å². The van der Waals surface area contributed by atoms with Crippen LogP contribution in [0.25, 0.3) is 248 Å². The van der Waals surface area contributed by atoms with Crippen molar-refractivity contribution in [1.29, 1.82) is 0 Å². The molecule has 27 aromatic carbocycles. The molecule has 85 heavy (non-hydrogen) atoms. The lowest BCUT2D eigenvalue weighted by molar-refractivity contribution is -0.384. The molecule has 0 aliphatic heterocycles. The fourth-order valence-corrected chi connectivity index (χ4v) is 23.2. The molecule has 0 amide bonds. The minimum Gasteiger partial charge on any atom is -0.497 e. The molecule has 2 atom stereocenters. The van der Waals surface area contributed by atoms with E-state index in [4.69, 9.17) is 14.7 Å². The maximum atomic E-state index is 17.3. The summed E-state index contributed by atoms with van der Waals surface area (Å²) in [6.07, 6.45) is 0. The lowest BCUT2D eigenvalue weighted by Gasteiger charge is -2.41. The van der Waals surface area contributed by atoms with Gasteiger partial charge >= 0.3 is 0 Å². The third-order valence-corrected chi connectivity index (χ3v) is 24.8. The van der Waals surface area contributed by atoms with Gasteiger partial charge in [-0.1, -0.05) is 0 Å². The molecule has 0 unspecified atom stereocenters. The smallest absolute Gasteiger partial charge is 0.269 e. The molecule has 0 radical (unpaired) electrons. The van der Waals surface area contributed by atoms with Crippen LogP contribution in [0.3, 0.4) is 0 Å². The maximum Gasteiger partial charge on any atom is 0.269 e. The Hall–Kier alpha value is -11.2.